The van der Waals surface area contributed by atoms with Crippen LogP contribution in [-0.2, 0) is 0 Å². The molecule has 0 spiro atoms. The molecular weight excluding hydrogens is 788 g/mol. The first-order valence-corrected chi connectivity index (χ1v) is 12.4. The lowest BCUT2D eigenvalue weighted by molar-refractivity contribution is 0.0863. The number of hydrogen-bond acceptors (Lipinski definition) is 4. The fourth-order valence-electron chi connectivity index (χ4n) is 2.46. The van der Waals surface area contributed by atoms with Crippen LogP contribution in [0.1, 0.15) is 41.4 Å². The van der Waals surface area contributed by atoms with E-state index in [-0.39, 0.29) is 23.6 Å². The van der Waals surface area contributed by atoms with Crippen molar-refractivity contribution >= 4 is 119 Å². The molecule has 0 bridgehead atoms. The van der Waals surface area contributed by atoms with Crippen LogP contribution in [0.2, 0.25) is 0 Å². The smallest absolute Gasteiger partial charge is 0.260 e. The summed E-state index contributed by atoms with van der Waals surface area (Å²) in [6, 6.07) is 3.23. The largest absolute Gasteiger partial charge is 0.288 e. The van der Waals surface area contributed by atoms with Crippen molar-refractivity contribution in [3.63, 3.8) is 0 Å². The number of rotatable bonds is 0. The van der Waals surface area contributed by atoms with Gasteiger partial charge in [-0.05, 0) is 108 Å². The van der Waals surface area contributed by atoms with Gasteiger partial charge in [0, 0.05) is 26.8 Å². The summed E-state index contributed by atoms with van der Waals surface area (Å²) in [7, 11) is 0. The van der Waals surface area contributed by atoms with Crippen LogP contribution in [0.4, 0.5) is 0 Å². The zero-order valence-electron chi connectivity index (χ0n) is 14.5. The third-order valence-electron chi connectivity index (χ3n) is 3.72. The first-order valence-electron chi connectivity index (χ1n) is 7.61. The van der Waals surface area contributed by atoms with Crippen LogP contribution >= 0.6 is 95.6 Å². The first-order chi connectivity index (χ1) is 14.0. The van der Waals surface area contributed by atoms with Crippen molar-refractivity contribution in [3.8, 4) is 0 Å². The molecule has 2 aliphatic heterocycles. The van der Waals surface area contributed by atoms with Gasteiger partial charge in [0.15, 0.2) is 0 Å². The zero-order chi connectivity index (χ0) is 22.9. The number of carbonyl (C=O) groups is 4. The molecule has 4 amide bonds. The molecule has 0 saturated heterocycles. The lowest BCUT2D eigenvalue weighted by atomic mass is 10.1. The number of hydrogen-bond donors (Lipinski definition) is 2. The van der Waals surface area contributed by atoms with Crippen molar-refractivity contribution in [2.75, 3.05) is 0 Å². The van der Waals surface area contributed by atoms with Crippen molar-refractivity contribution in [1.82, 2.24) is 10.6 Å². The Morgan fingerprint density at radius 3 is 1.13 bits per heavy atom. The van der Waals surface area contributed by atoms with E-state index < -0.39 is 0 Å². The topological polar surface area (TPSA) is 92.3 Å². The van der Waals surface area contributed by atoms with E-state index in [9.17, 15) is 19.2 Å². The minimum atomic E-state index is -0.370. The molecule has 2 aromatic rings. The molecule has 4 rings (SSSR count). The van der Waals surface area contributed by atoms with Gasteiger partial charge in [0.25, 0.3) is 23.6 Å². The average molecular weight is 796 g/mol. The van der Waals surface area contributed by atoms with Crippen LogP contribution in [0.15, 0.2) is 52.1 Å². The van der Waals surface area contributed by atoms with Crippen molar-refractivity contribution in [1.29, 1.82) is 0 Å². The molecular formula is C18H8Br6N2O4. The number of halogens is 6. The fraction of sp³-hybridized carbons (Fsp3) is 0. The normalized spacial score (nSPS) is 13.4. The maximum absolute atomic E-state index is 11.4. The SMILES string of the molecule is C=C.O=C1NC(=O)c2c1cc(Br)c(Br)c2Br.O=C1NC(=O)c2c1cc(Br)c(Br)c2Br. The molecule has 0 aromatic heterocycles. The maximum Gasteiger partial charge on any atom is 0.260 e. The second-order valence-electron chi connectivity index (χ2n) is 5.38. The van der Waals surface area contributed by atoms with Crippen molar-refractivity contribution < 1.29 is 19.2 Å². The van der Waals surface area contributed by atoms with Crippen molar-refractivity contribution in [2.45, 2.75) is 0 Å². The third-order valence-corrected chi connectivity index (χ3v) is 10.3. The Morgan fingerprint density at radius 1 is 0.533 bits per heavy atom. The van der Waals surface area contributed by atoms with Crippen LogP contribution in [0.5, 0.6) is 0 Å². The van der Waals surface area contributed by atoms with E-state index >= 15 is 0 Å². The van der Waals surface area contributed by atoms with E-state index in [0.29, 0.717) is 31.2 Å². The second kappa shape index (κ2) is 10.3. The third kappa shape index (κ3) is 4.73. The van der Waals surface area contributed by atoms with Gasteiger partial charge < -0.3 is 0 Å². The number of fused-ring (bicyclic) bond motifs is 2. The van der Waals surface area contributed by atoms with Gasteiger partial charge in [0.05, 0.1) is 22.3 Å². The summed E-state index contributed by atoms with van der Waals surface area (Å²) in [6.45, 7) is 6.00. The molecule has 156 valence electrons. The molecule has 12 heteroatoms. The standard InChI is InChI=1S/2C8H2Br3NO2.C2H4/c2*9-3-1-2-4(6(11)5(3)10)8(14)12-7(2)13;1-2/h2*1H,(H,12,13,14);1-2H2. The highest BCUT2D eigenvalue weighted by molar-refractivity contribution is 9.15. The summed E-state index contributed by atoms with van der Waals surface area (Å²) < 4.78 is 4.08. The quantitative estimate of drug-likeness (QED) is 0.181. The summed E-state index contributed by atoms with van der Waals surface area (Å²) >= 11 is 19.7. The van der Waals surface area contributed by atoms with Crippen LogP contribution in [0.25, 0.3) is 0 Å². The lowest BCUT2D eigenvalue weighted by Crippen LogP contribution is -2.20. The molecule has 0 radical (unpaired) electrons. The summed E-state index contributed by atoms with van der Waals surface area (Å²) in [5, 5.41) is 4.46. The highest BCUT2D eigenvalue weighted by atomic mass is 79.9. The summed E-state index contributed by atoms with van der Waals surface area (Å²) in [5.74, 6) is -1.46. The maximum atomic E-state index is 11.4. The van der Waals surface area contributed by atoms with Crippen LogP contribution in [-0.4, -0.2) is 23.6 Å². The number of nitrogens with one attached hydrogen (secondary N) is 2. The Hall–Kier alpha value is -0.660. The number of carbonyl (C=O) groups excluding carboxylic acids is 4. The summed E-state index contributed by atoms with van der Waals surface area (Å²) in [5.41, 5.74) is 1.53. The van der Waals surface area contributed by atoms with Gasteiger partial charge in [0.2, 0.25) is 0 Å². The average Bonchev–Trinajstić information content (AvgIpc) is 3.14. The minimum Gasteiger partial charge on any atom is -0.288 e. The second-order valence-corrected chi connectivity index (χ2v) is 10.3. The van der Waals surface area contributed by atoms with Gasteiger partial charge in [-0.2, -0.15) is 0 Å². The fourth-order valence-corrected chi connectivity index (χ4v) is 5.68. The van der Waals surface area contributed by atoms with Crippen molar-refractivity contribution in [2.24, 2.45) is 0 Å². The number of benzene rings is 2. The molecule has 2 heterocycles. The number of imide groups is 2. The van der Waals surface area contributed by atoms with Crippen LogP contribution in [0, 0.1) is 0 Å². The zero-order valence-corrected chi connectivity index (χ0v) is 24.0. The van der Waals surface area contributed by atoms with E-state index in [0.717, 1.165) is 17.9 Å². The Kier molecular flexibility index (Phi) is 8.79. The molecule has 0 saturated carbocycles. The first kappa shape index (κ1) is 25.6. The Morgan fingerprint density at radius 2 is 0.833 bits per heavy atom. The molecule has 2 aromatic carbocycles. The monoisotopic (exact) mass is 790 g/mol. The van der Waals surface area contributed by atoms with Gasteiger partial charge in [-0.3, -0.25) is 29.8 Å². The van der Waals surface area contributed by atoms with E-state index in [1.807, 2.05) is 0 Å². The summed E-state index contributed by atoms with van der Waals surface area (Å²) in [6.07, 6.45) is 0. The van der Waals surface area contributed by atoms with Gasteiger partial charge in [-0.25, -0.2) is 0 Å². The molecule has 0 aliphatic carbocycles. The lowest BCUT2D eigenvalue weighted by Gasteiger charge is -2.03. The van der Waals surface area contributed by atoms with Crippen LogP contribution < -0.4 is 10.6 Å². The highest BCUT2D eigenvalue weighted by Crippen LogP contribution is 2.38. The van der Waals surface area contributed by atoms with Gasteiger partial charge in [0.1, 0.15) is 0 Å². The Bertz CT molecular complexity index is 1050. The molecule has 30 heavy (non-hydrogen) atoms. The van der Waals surface area contributed by atoms with Gasteiger partial charge in [-0.15, -0.1) is 13.2 Å². The van der Waals surface area contributed by atoms with Gasteiger partial charge in [-0.1, -0.05) is 0 Å². The Balaban J connectivity index is 0.000000197. The highest BCUT2D eigenvalue weighted by Gasteiger charge is 2.32. The van der Waals surface area contributed by atoms with Gasteiger partial charge >= 0.3 is 0 Å². The summed E-state index contributed by atoms with van der Waals surface area (Å²) in [4.78, 5) is 45.3. The minimum absolute atomic E-state index is 0.362. The predicted octanol–water partition coefficient (Wildman–Crippen LogP) is 6.52. The molecule has 0 fully saturated rings. The molecule has 0 unspecified atom stereocenters. The number of amides is 4. The van der Waals surface area contributed by atoms with E-state index in [1.54, 1.807) is 12.1 Å². The van der Waals surface area contributed by atoms with E-state index in [2.05, 4.69) is 119 Å². The molecule has 2 N–H and O–H groups in total. The van der Waals surface area contributed by atoms with E-state index in [4.69, 9.17) is 0 Å². The Labute approximate surface area is 221 Å². The predicted molar refractivity (Wildman–Crippen MR) is 134 cm³/mol. The van der Waals surface area contributed by atoms with E-state index in [1.165, 1.54) is 0 Å². The van der Waals surface area contributed by atoms with Crippen LogP contribution in [0.3, 0.4) is 0 Å². The molecule has 0 atom stereocenters. The van der Waals surface area contributed by atoms with Crippen molar-refractivity contribution in [3.05, 3.63) is 74.4 Å². The molecule has 2 aliphatic rings. The molecule has 6 nitrogen and oxygen atoms in total.